The lowest BCUT2D eigenvalue weighted by Crippen LogP contribution is -1.99. The van der Waals surface area contributed by atoms with Gasteiger partial charge in [-0.1, -0.05) is 6.07 Å². The van der Waals surface area contributed by atoms with E-state index in [0.29, 0.717) is 6.42 Å². The van der Waals surface area contributed by atoms with E-state index in [4.69, 9.17) is 0 Å². The lowest BCUT2D eigenvalue weighted by Gasteiger charge is -1.96. The van der Waals surface area contributed by atoms with Crippen LogP contribution in [0.15, 0.2) is 18.2 Å². The molecule has 0 bridgehead atoms. The summed E-state index contributed by atoms with van der Waals surface area (Å²) in [6, 6.07) is 4.81. The second-order valence-electron chi connectivity index (χ2n) is 3.51. The van der Waals surface area contributed by atoms with Gasteiger partial charge in [-0.2, -0.15) is 0 Å². The topological polar surface area (TPSA) is 60.2 Å². The standard InChI is InChI=1S/C10H9NO3/c12-6-7-3-8-1-2-10(11(13)14)5-9(8)4-7/h1-2,5-7H,3-4H2. The SMILES string of the molecule is O=CC1Cc2ccc([N+](=O)[O-])cc2C1. The molecule has 1 unspecified atom stereocenters. The fourth-order valence-corrected chi connectivity index (χ4v) is 1.85. The number of carbonyl (C=O) groups is 1. The van der Waals surface area contributed by atoms with Crippen LogP contribution in [0.25, 0.3) is 0 Å². The molecular formula is C10H9NO3. The zero-order valence-corrected chi connectivity index (χ0v) is 7.47. The second-order valence-corrected chi connectivity index (χ2v) is 3.51. The molecule has 0 radical (unpaired) electrons. The molecule has 0 saturated carbocycles. The number of rotatable bonds is 2. The fraction of sp³-hybridized carbons (Fsp3) is 0.300. The largest absolute Gasteiger partial charge is 0.303 e. The van der Waals surface area contributed by atoms with Crippen LogP contribution in [0.2, 0.25) is 0 Å². The Morgan fingerprint density at radius 1 is 1.36 bits per heavy atom. The van der Waals surface area contributed by atoms with Gasteiger partial charge in [0.2, 0.25) is 0 Å². The van der Waals surface area contributed by atoms with E-state index in [1.54, 1.807) is 12.1 Å². The van der Waals surface area contributed by atoms with Crippen molar-refractivity contribution in [3.05, 3.63) is 39.4 Å². The van der Waals surface area contributed by atoms with Gasteiger partial charge in [-0.3, -0.25) is 10.1 Å². The van der Waals surface area contributed by atoms with Gasteiger partial charge in [-0.25, -0.2) is 0 Å². The van der Waals surface area contributed by atoms with E-state index in [9.17, 15) is 14.9 Å². The fourth-order valence-electron chi connectivity index (χ4n) is 1.85. The van der Waals surface area contributed by atoms with E-state index < -0.39 is 4.92 Å². The summed E-state index contributed by atoms with van der Waals surface area (Å²) >= 11 is 0. The Morgan fingerprint density at radius 3 is 2.71 bits per heavy atom. The van der Waals surface area contributed by atoms with E-state index in [1.807, 2.05) is 0 Å². The first-order valence-corrected chi connectivity index (χ1v) is 4.42. The van der Waals surface area contributed by atoms with Crippen LogP contribution in [0, 0.1) is 16.0 Å². The molecule has 0 amide bonds. The minimum absolute atomic E-state index is 0.00649. The third-order valence-electron chi connectivity index (χ3n) is 2.56. The quantitative estimate of drug-likeness (QED) is 0.404. The van der Waals surface area contributed by atoms with Gasteiger partial charge in [0.05, 0.1) is 4.92 Å². The molecule has 14 heavy (non-hydrogen) atoms. The molecule has 4 nitrogen and oxygen atoms in total. The smallest absolute Gasteiger partial charge is 0.269 e. The number of nitro groups is 1. The van der Waals surface area contributed by atoms with Gasteiger partial charge in [0.25, 0.3) is 5.69 Å². The highest BCUT2D eigenvalue weighted by Gasteiger charge is 2.22. The highest BCUT2D eigenvalue weighted by molar-refractivity contribution is 5.59. The van der Waals surface area contributed by atoms with Crippen LogP contribution >= 0.6 is 0 Å². The molecule has 1 aliphatic rings. The molecule has 2 rings (SSSR count). The Kier molecular flexibility index (Phi) is 2.04. The van der Waals surface area contributed by atoms with Gasteiger partial charge < -0.3 is 4.79 Å². The number of carbonyl (C=O) groups excluding carboxylic acids is 1. The lowest BCUT2D eigenvalue weighted by molar-refractivity contribution is -0.384. The van der Waals surface area contributed by atoms with E-state index in [-0.39, 0.29) is 11.6 Å². The Balaban J connectivity index is 2.35. The lowest BCUT2D eigenvalue weighted by atomic mass is 10.1. The molecule has 1 aliphatic carbocycles. The number of aldehydes is 1. The van der Waals surface area contributed by atoms with E-state index in [1.165, 1.54) is 6.07 Å². The highest BCUT2D eigenvalue weighted by Crippen LogP contribution is 2.28. The minimum Gasteiger partial charge on any atom is -0.303 e. The van der Waals surface area contributed by atoms with E-state index >= 15 is 0 Å². The van der Waals surface area contributed by atoms with Gasteiger partial charge in [0.15, 0.2) is 0 Å². The zero-order chi connectivity index (χ0) is 10.1. The number of non-ortho nitro benzene ring substituents is 1. The molecular weight excluding hydrogens is 182 g/mol. The van der Waals surface area contributed by atoms with Crippen LogP contribution in [-0.2, 0) is 17.6 Å². The molecule has 0 saturated heterocycles. The van der Waals surface area contributed by atoms with Gasteiger partial charge >= 0.3 is 0 Å². The molecule has 4 heteroatoms. The van der Waals surface area contributed by atoms with Crippen molar-refractivity contribution in [2.24, 2.45) is 5.92 Å². The monoisotopic (exact) mass is 191 g/mol. The normalized spacial score (nSPS) is 19.0. The summed E-state index contributed by atoms with van der Waals surface area (Å²) in [4.78, 5) is 20.6. The molecule has 0 N–H and O–H groups in total. The van der Waals surface area contributed by atoms with Crippen LogP contribution in [0.4, 0.5) is 5.69 Å². The molecule has 0 fully saturated rings. The summed E-state index contributed by atoms with van der Waals surface area (Å²) < 4.78 is 0. The molecule has 1 aromatic carbocycles. The maximum Gasteiger partial charge on any atom is 0.269 e. The third kappa shape index (κ3) is 1.39. The van der Waals surface area contributed by atoms with Crippen molar-refractivity contribution >= 4 is 12.0 Å². The van der Waals surface area contributed by atoms with E-state index in [0.717, 1.165) is 23.8 Å². The van der Waals surface area contributed by atoms with Crippen molar-refractivity contribution < 1.29 is 9.72 Å². The summed E-state index contributed by atoms with van der Waals surface area (Å²) in [7, 11) is 0. The first kappa shape index (κ1) is 8.87. The van der Waals surface area contributed by atoms with Crippen molar-refractivity contribution in [3.63, 3.8) is 0 Å². The molecule has 0 aliphatic heterocycles. The van der Waals surface area contributed by atoms with Crippen molar-refractivity contribution in [2.75, 3.05) is 0 Å². The average Bonchev–Trinajstić information content (AvgIpc) is 2.58. The van der Waals surface area contributed by atoms with Crippen LogP contribution in [0.3, 0.4) is 0 Å². The number of nitrogens with zero attached hydrogens (tertiary/aromatic N) is 1. The van der Waals surface area contributed by atoms with Crippen LogP contribution < -0.4 is 0 Å². The molecule has 0 spiro atoms. The zero-order valence-electron chi connectivity index (χ0n) is 7.47. The maximum atomic E-state index is 10.6. The molecule has 0 heterocycles. The average molecular weight is 191 g/mol. The molecule has 72 valence electrons. The summed E-state index contributed by atoms with van der Waals surface area (Å²) in [6.07, 6.45) is 2.28. The summed E-state index contributed by atoms with van der Waals surface area (Å²) in [5, 5.41) is 10.5. The molecule has 0 aromatic heterocycles. The van der Waals surface area contributed by atoms with Gasteiger partial charge in [-0.05, 0) is 24.0 Å². The predicted molar refractivity (Wildman–Crippen MR) is 50.1 cm³/mol. The molecule has 1 aromatic rings. The van der Waals surface area contributed by atoms with Gasteiger partial charge in [-0.15, -0.1) is 0 Å². The Hall–Kier alpha value is -1.71. The number of hydrogen-bond acceptors (Lipinski definition) is 3. The first-order valence-electron chi connectivity index (χ1n) is 4.42. The van der Waals surface area contributed by atoms with Gasteiger partial charge in [0, 0.05) is 18.1 Å². The van der Waals surface area contributed by atoms with Crippen molar-refractivity contribution in [1.82, 2.24) is 0 Å². The van der Waals surface area contributed by atoms with Crippen molar-refractivity contribution in [3.8, 4) is 0 Å². The van der Waals surface area contributed by atoms with Crippen molar-refractivity contribution in [1.29, 1.82) is 0 Å². The Morgan fingerprint density at radius 2 is 2.07 bits per heavy atom. The molecule has 1 atom stereocenters. The highest BCUT2D eigenvalue weighted by atomic mass is 16.6. The number of fused-ring (bicyclic) bond motifs is 1. The summed E-state index contributed by atoms with van der Waals surface area (Å²) in [5.41, 5.74) is 2.11. The van der Waals surface area contributed by atoms with Crippen molar-refractivity contribution in [2.45, 2.75) is 12.8 Å². The first-order chi connectivity index (χ1) is 6.70. The van der Waals surface area contributed by atoms with Gasteiger partial charge in [0.1, 0.15) is 6.29 Å². The van der Waals surface area contributed by atoms with E-state index in [2.05, 4.69) is 0 Å². The summed E-state index contributed by atoms with van der Waals surface area (Å²) in [5.74, 6) is 0.00649. The summed E-state index contributed by atoms with van der Waals surface area (Å²) in [6.45, 7) is 0. The Bertz CT molecular complexity index is 400. The minimum atomic E-state index is -0.408. The second kappa shape index (κ2) is 3.21. The maximum absolute atomic E-state index is 10.6. The number of nitro benzene ring substituents is 1. The predicted octanol–water partition coefficient (Wildman–Crippen LogP) is 1.51. The third-order valence-corrected chi connectivity index (χ3v) is 2.56. The number of hydrogen-bond donors (Lipinski definition) is 0. The Labute approximate surface area is 80.7 Å². The van der Waals surface area contributed by atoms with Crippen LogP contribution in [0.5, 0.6) is 0 Å². The van der Waals surface area contributed by atoms with Crippen LogP contribution in [-0.4, -0.2) is 11.2 Å². The van der Waals surface area contributed by atoms with Crippen LogP contribution in [0.1, 0.15) is 11.1 Å². The number of benzene rings is 1.